The monoisotopic (exact) mass is 340 g/mol. The van der Waals surface area contributed by atoms with E-state index in [0.717, 1.165) is 6.07 Å². The largest absolute Gasteiger partial charge is 0.452 e. The second-order valence-corrected chi connectivity index (χ2v) is 5.56. The van der Waals surface area contributed by atoms with Crippen LogP contribution >= 0.6 is 11.8 Å². The molecule has 124 valence electrons. The van der Waals surface area contributed by atoms with Gasteiger partial charge in [-0.05, 0) is 18.4 Å². The molecule has 1 fully saturated rings. The number of hydrogen-bond acceptors (Lipinski definition) is 7. The van der Waals surface area contributed by atoms with E-state index in [-0.39, 0.29) is 17.2 Å². The number of nitro groups is 1. The van der Waals surface area contributed by atoms with E-state index in [9.17, 15) is 19.7 Å². The summed E-state index contributed by atoms with van der Waals surface area (Å²) in [6.45, 7) is 1.45. The second-order valence-electron chi connectivity index (χ2n) is 4.71. The van der Waals surface area contributed by atoms with Gasteiger partial charge in [-0.1, -0.05) is 0 Å². The summed E-state index contributed by atoms with van der Waals surface area (Å²) < 4.78 is 10.1. The molecule has 0 unspecified atom stereocenters. The number of morpholine rings is 1. The molecule has 23 heavy (non-hydrogen) atoms. The van der Waals surface area contributed by atoms with Crippen molar-refractivity contribution in [3.05, 3.63) is 33.9 Å². The van der Waals surface area contributed by atoms with E-state index in [0.29, 0.717) is 31.2 Å². The Morgan fingerprint density at radius 3 is 2.70 bits per heavy atom. The first kappa shape index (κ1) is 17.2. The molecule has 1 heterocycles. The summed E-state index contributed by atoms with van der Waals surface area (Å²) in [6, 6.07) is 4.09. The molecule has 0 atom stereocenters. The highest BCUT2D eigenvalue weighted by Crippen LogP contribution is 2.28. The molecule has 0 radical (unpaired) electrons. The molecule has 0 bridgehead atoms. The fraction of sp³-hybridized carbons (Fsp3) is 0.429. The molecule has 1 aromatic rings. The van der Waals surface area contributed by atoms with Crippen LogP contribution in [-0.2, 0) is 14.3 Å². The molecule has 0 saturated carbocycles. The number of nitrogens with zero attached hydrogens (tertiary/aromatic N) is 2. The normalized spacial score (nSPS) is 14.4. The summed E-state index contributed by atoms with van der Waals surface area (Å²) in [7, 11) is 0. The van der Waals surface area contributed by atoms with E-state index in [2.05, 4.69) is 0 Å². The van der Waals surface area contributed by atoms with E-state index in [1.54, 1.807) is 11.2 Å². The molecule has 0 spiro atoms. The molecule has 0 N–H and O–H groups in total. The predicted octanol–water partition coefficient (Wildman–Crippen LogP) is 1.33. The molecule has 1 saturated heterocycles. The molecule has 0 aliphatic carbocycles. The van der Waals surface area contributed by atoms with Gasteiger partial charge in [-0.3, -0.25) is 14.9 Å². The van der Waals surface area contributed by atoms with Gasteiger partial charge in [0.2, 0.25) is 0 Å². The van der Waals surface area contributed by atoms with Crippen LogP contribution in [0.4, 0.5) is 5.69 Å². The van der Waals surface area contributed by atoms with Crippen LogP contribution in [0.1, 0.15) is 10.4 Å². The molecule has 1 aliphatic rings. The lowest BCUT2D eigenvalue weighted by Gasteiger charge is -2.26. The summed E-state index contributed by atoms with van der Waals surface area (Å²) in [5.41, 5.74) is -0.115. The molecule has 1 aromatic carbocycles. The molecule has 2 rings (SSSR count). The summed E-state index contributed by atoms with van der Waals surface area (Å²) in [6.07, 6.45) is 1.71. The standard InChI is InChI=1S/C14H16N2O6S/c1-23-12-3-2-10(8-11(12)16(19)20)14(18)22-9-13(17)15-4-6-21-7-5-15/h2-3,8H,4-7,9H2,1H3. The first-order chi connectivity index (χ1) is 11.0. The number of hydrogen-bond donors (Lipinski definition) is 0. The van der Waals surface area contributed by atoms with Crippen molar-refractivity contribution in [2.45, 2.75) is 4.90 Å². The molecule has 1 aliphatic heterocycles. The maximum atomic E-state index is 12.0. The number of rotatable bonds is 5. The minimum Gasteiger partial charge on any atom is -0.452 e. The first-order valence-corrected chi connectivity index (χ1v) is 8.10. The molecule has 9 heteroatoms. The lowest BCUT2D eigenvalue weighted by molar-refractivity contribution is -0.387. The Bertz CT molecular complexity index is 615. The fourth-order valence-corrected chi connectivity index (χ4v) is 2.62. The average molecular weight is 340 g/mol. The number of carbonyl (C=O) groups is 2. The smallest absolute Gasteiger partial charge is 0.338 e. The van der Waals surface area contributed by atoms with Gasteiger partial charge in [0.15, 0.2) is 6.61 Å². The molecule has 8 nitrogen and oxygen atoms in total. The topological polar surface area (TPSA) is 99.0 Å². The maximum absolute atomic E-state index is 12.0. The van der Waals surface area contributed by atoms with Gasteiger partial charge in [0.1, 0.15) is 0 Å². The third-order valence-corrected chi connectivity index (χ3v) is 4.09. The average Bonchev–Trinajstić information content (AvgIpc) is 2.59. The highest BCUT2D eigenvalue weighted by atomic mass is 32.2. The second kappa shape index (κ2) is 7.93. The first-order valence-electron chi connectivity index (χ1n) is 6.88. The van der Waals surface area contributed by atoms with Crippen molar-refractivity contribution in [1.29, 1.82) is 0 Å². The molecular formula is C14H16N2O6S. The number of nitro benzene ring substituents is 1. The van der Waals surface area contributed by atoms with Gasteiger partial charge in [-0.15, -0.1) is 11.8 Å². The number of benzene rings is 1. The number of amides is 1. The minimum atomic E-state index is -0.762. The highest BCUT2D eigenvalue weighted by Gasteiger charge is 2.21. The van der Waals surface area contributed by atoms with Gasteiger partial charge in [0, 0.05) is 19.2 Å². The van der Waals surface area contributed by atoms with Crippen LogP contribution in [0.15, 0.2) is 23.1 Å². The fourth-order valence-electron chi connectivity index (χ4n) is 2.07. The van der Waals surface area contributed by atoms with Crippen molar-refractivity contribution in [2.75, 3.05) is 39.2 Å². The highest BCUT2D eigenvalue weighted by molar-refractivity contribution is 7.98. The van der Waals surface area contributed by atoms with E-state index in [1.807, 2.05) is 0 Å². The Hall–Kier alpha value is -2.13. The van der Waals surface area contributed by atoms with E-state index in [1.165, 1.54) is 23.9 Å². The SMILES string of the molecule is CSc1ccc(C(=O)OCC(=O)N2CCOCC2)cc1[N+](=O)[O-]. The van der Waals surface area contributed by atoms with Gasteiger partial charge in [-0.25, -0.2) is 4.79 Å². The van der Waals surface area contributed by atoms with Crippen LogP contribution in [0.2, 0.25) is 0 Å². The summed E-state index contributed by atoms with van der Waals surface area (Å²) >= 11 is 1.21. The number of esters is 1. The quantitative estimate of drug-likeness (QED) is 0.345. The van der Waals surface area contributed by atoms with Crippen molar-refractivity contribution in [3.8, 4) is 0 Å². The van der Waals surface area contributed by atoms with Crippen LogP contribution in [0.25, 0.3) is 0 Å². The minimum absolute atomic E-state index is 0.0456. The molecule has 0 aromatic heterocycles. The Labute approximate surface area is 136 Å². The summed E-state index contributed by atoms with van der Waals surface area (Å²) in [5, 5.41) is 11.0. The van der Waals surface area contributed by atoms with Crippen molar-refractivity contribution < 1.29 is 24.0 Å². The Morgan fingerprint density at radius 2 is 2.09 bits per heavy atom. The van der Waals surface area contributed by atoms with E-state index >= 15 is 0 Å². The van der Waals surface area contributed by atoms with Gasteiger partial charge < -0.3 is 14.4 Å². The number of carbonyl (C=O) groups excluding carboxylic acids is 2. The summed E-state index contributed by atoms with van der Waals surface area (Å²) in [5.74, 6) is -1.07. The van der Waals surface area contributed by atoms with E-state index < -0.39 is 17.5 Å². The van der Waals surface area contributed by atoms with Crippen molar-refractivity contribution >= 4 is 29.3 Å². The van der Waals surface area contributed by atoms with Gasteiger partial charge in [0.25, 0.3) is 11.6 Å². The van der Waals surface area contributed by atoms with Gasteiger partial charge in [-0.2, -0.15) is 0 Å². The zero-order chi connectivity index (χ0) is 16.8. The maximum Gasteiger partial charge on any atom is 0.338 e. The van der Waals surface area contributed by atoms with Gasteiger partial charge in [0.05, 0.1) is 28.6 Å². The summed E-state index contributed by atoms with van der Waals surface area (Å²) in [4.78, 5) is 36.3. The van der Waals surface area contributed by atoms with Crippen LogP contribution in [-0.4, -0.2) is 60.9 Å². The zero-order valence-electron chi connectivity index (χ0n) is 12.5. The zero-order valence-corrected chi connectivity index (χ0v) is 13.3. The predicted molar refractivity (Wildman–Crippen MR) is 82.6 cm³/mol. The van der Waals surface area contributed by atoms with Crippen molar-refractivity contribution in [1.82, 2.24) is 4.90 Å². The van der Waals surface area contributed by atoms with Gasteiger partial charge >= 0.3 is 5.97 Å². The lowest BCUT2D eigenvalue weighted by atomic mass is 10.2. The van der Waals surface area contributed by atoms with Crippen LogP contribution < -0.4 is 0 Å². The molecular weight excluding hydrogens is 324 g/mol. The van der Waals surface area contributed by atoms with Crippen molar-refractivity contribution in [2.24, 2.45) is 0 Å². The van der Waals surface area contributed by atoms with E-state index in [4.69, 9.17) is 9.47 Å². The lowest BCUT2D eigenvalue weighted by Crippen LogP contribution is -2.42. The van der Waals surface area contributed by atoms with Crippen LogP contribution in [0.3, 0.4) is 0 Å². The number of thioether (sulfide) groups is 1. The third-order valence-electron chi connectivity index (χ3n) is 3.30. The Balaban J connectivity index is 1.99. The van der Waals surface area contributed by atoms with Crippen LogP contribution in [0, 0.1) is 10.1 Å². The third kappa shape index (κ3) is 4.42. The Kier molecular flexibility index (Phi) is 5.94. The molecule has 1 amide bonds. The van der Waals surface area contributed by atoms with Crippen LogP contribution in [0.5, 0.6) is 0 Å². The van der Waals surface area contributed by atoms with Crippen molar-refractivity contribution in [3.63, 3.8) is 0 Å². The Morgan fingerprint density at radius 1 is 1.39 bits per heavy atom. The number of ether oxygens (including phenoxy) is 2.